The molecule has 1 atom stereocenters. The number of nitro groups is 1. The summed E-state index contributed by atoms with van der Waals surface area (Å²) >= 11 is 5.81. The van der Waals surface area contributed by atoms with Gasteiger partial charge < -0.3 is 9.84 Å². The maximum Gasteiger partial charge on any atom is 0.311 e. The second-order valence-electron chi connectivity index (χ2n) is 4.07. The van der Waals surface area contributed by atoms with Gasteiger partial charge in [0.05, 0.1) is 11.0 Å². The molecule has 0 aliphatic rings. The molecule has 2 aromatic rings. The molecule has 1 heterocycles. The molecule has 0 bridgehead atoms. The van der Waals surface area contributed by atoms with Crippen LogP contribution in [0.1, 0.15) is 18.6 Å². The molecule has 0 aliphatic heterocycles. The first-order valence-electron chi connectivity index (χ1n) is 5.73. The molecule has 2 rings (SSSR count). The van der Waals surface area contributed by atoms with Crippen LogP contribution in [-0.4, -0.2) is 15.0 Å². The molecule has 1 aromatic heterocycles. The molecule has 7 heteroatoms. The number of benzene rings is 1. The molecule has 1 aromatic carbocycles. The molecular formula is C13H11ClN2O4. The third-order valence-electron chi connectivity index (χ3n) is 2.57. The van der Waals surface area contributed by atoms with Crippen molar-refractivity contribution in [3.8, 4) is 11.6 Å². The fourth-order valence-electron chi connectivity index (χ4n) is 1.57. The zero-order valence-electron chi connectivity index (χ0n) is 10.5. The van der Waals surface area contributed by atoms with Crippen molar-refractivity contribution in [2.24, 2.45) is 0 Å². The fourth-order valence-corrected chi connectivity index (χ4v) is 1.74. The Morgan fingerprint density at radius 2 is 2.15 bits per heavy atom. The van der Waals surface area contributed by atoms with Gasteiger partial charge >= 0.3 is 5.69 Å². The van der Waals surface area contributed by atoms with E-state index in [4.69, 9.17) is 16.3 Å². The molecular weight excluding hydrogens is 284 g/mol. The Morgan fingerprint density at radius 1 is 1.40 bits per heavy atom. The van der Waals surface area contributed by atoms with Gasteiger partial charge in [0, 0.05) is 29.4 Å². The summed E-state index contributed by atoms with van der Waals surface area (Å²) < 4.78 is 5.39. The zero-order valence-corrected chi connectivity index (χ0v) is 11.2. The first-order chi connectivity index (χ1) is 9.47. The van der Waals surface area contributed by atoms with Gasteiger partial charge in [-0.1, -0.05) is 11.6 Å². The van der Waals surface area contributed by atoms with Gasteiger partial charge in [0.1, 0.15) is 0 Å². The predicted molar refractivity (Wildman–Crippen MR) is 73.1 cm³/mol. The Bertz CT molecular complexity index is 646. The van der Waals surface area contributed by atoms with Crippen LogP contribution < -0.4 is 4.74 Å². The van der Waals surface area contributed by atoms with E-state index in [2.05, 4.69) is 4.98 Å². The third kappa shape index (κ3) is 3.23. The highest BCUT2D eigenvalue weighted by Crippen LogP contribution is 2.33. The van der Waals surface area contributed by atoms with E-state index >= 15 is 0 Å². The van der Waals surface area contributed by atoms with Gasteiger partial charge in [0.2, 0.25) is 11.6 Å². The highest BCUT2D eigenvalue weighted by Gasteiger charge is 2.17. The highest BCUT2D eigenvalue weighted by molar-refractivity contribution is 6.30. The Morgan fingerprint density at radius 3 is 2.80 bits per heavy atom. The molecule has 0 saturated heterocycles. The summed E-state index contributed by atoms with van der Waals surface area (Å²) in [5.74, 6) is 0.145. The van der Waals surface area contributed by atoms with Gasteiger partial charge in [-0.05, 0) is 24.6 Å². The summed E-state index contributed by atoms with van der Waals surface area (Å²) in [4.78, 5) is 14.3. The van der Waals surface area contributed by atoms with Crippen LogP contribution in [-0.2, 0) is 0 Å². The van der Waals surface area contributed by atoms with Crippen molar-refractivity contribution in [1.82, 2.24) is 4.98 Å². The zero-order chi connectivity index (χ0) is 14.7. The Hall–Kier alpha value is -2.18. The second kappa shape index (κ2) is 5.85. The number of aliphatic hydroxyl groups excluding tert-OH is 1. The summed E-state index contributed by atoms with van der Waals surface area (Å²) in [5, 5.41) is 20.7. The van der Waals surface area contributed by atoms with Gasteiger partial charge in [-0.2, -0.15) is 0 Å². The predicted octanol–water partition coefficient (Wildman–Crippen LogP) is 3.49. The van der Waals surface area contributed by atoms with Crippen molar-refractivity contribution in [3.63, 3.8) is 0 Å². The van der Waals surface area contributed by atoms with Crippen molar-refractivity contribution in [1.29, 1.82) is 0 Å². The van der Waals surface area contributed by atoms with Gasteiger partial charge in [-0.25, -0.2) is 4.98 Å². The fraction of sp³-hybridized carbons (Fsp3) is 0.154. The van der Waals surface area contributed by atoms with Gasteiger partial charge in [-0.15, -0.1) is 0 Å². The first kappa shape index (κ1) is 14.2. The van der Waals surface area contributed by atoms with Crippen LogP contribution in [0.5, 0.6) is 11.6 Å². The van der Waals surface area contributed by atoms with Crippen LogP contribution in [0.3, 0.4) is 0 Å². The second-order valence-corrected chi connectivity index (χ2v) is 4.51. The molecule has 0 amide bonds. The average molecular weight is 295 g/mol. The maximum atomic E-state index is 10.9. The third-order valence-corrected chi connectivity index (χ3v) is 2.81. The topological polar surface area (TPSA) is 85.5 Å². The number of aromatic nitrogens is 1. The smallest absolute Gasteiger partial charge is 0.311 e. The number of ether oxygens (including phenoxy) is 1. The molecule has 0 unspecified atom stereocenters. The number of hydrogen-bond acceptors (Lipinski definition) is 5. The van der Waals surface area contributed by atoms with Crippen molar-refractivity contribution < 1.29 is 14.8 Å². The highest BCUT2D eigenvalue weighted by atomic mass is 35.5. The number of nitrogens with zero attached hydrogens (tertiary/aromatic N) is 2. The molecule has 6 nitrogen and oxygen atoms in total. The lowest BCUT2D eigenvalue weighted by Gasteiger charge is -2.08. The van der Waals surface area contributed by atoms with Crippen molar-refractivity contribution in [2.45, 2.75) is 13.0 Å². The SMILES string of the molecule is C[C@@H](O)c1ccnc(Oc2cc(Cl)ccc2[N+](=O)[O-])c1. The largest absolute Gasteiger partial charge is 0.432 e. The lowest BCUT2D eigenvalue weighted by Crippen LogP contribution is -1.97. The Labute approximate surface area is 119 Å². The van der Waals surface area contributed by atoms with Crippen LogP contribution >= 0.6 is 11.6 Å². The quantitative estimate of drug-likeness (QED) is 0.689. The van der Waals surface area contributed by atoms with Crippen molar-refractivity contribution in [3.05, 3.63) is 57.2 Å². The van der Waals surface area contributed by atoms with Gasteiger partial charge in [0.15, 0.2) is 0 Å². The van der Waals surface area contributed by atoms with Crippen LogP contribution in [0.2, 0.25) is 5.02 Å². The normalized spacial score (nSPS) is 11.9. The molecule has 0 radical (unpaired) electrons. The number of halogens is 1. The maximum absolute atomic E-state index is 10.9. The first-order valence-corrected chi connectivity index (χ1v) is 6.11. The van der Waals surface area contributed by atoms with E-state index in [0.717, 1.165) is 0 Å². The van der Waals surface area contributed by atoms with Gasteiger partial charge in [-0.3, -0.25) is 10.1 Å². The molecule has 104 valence electrons. The average Bonchev–Trinajstić information content (AvgIpc) is 2.38. The molecule has 0 fully saturated rings. The van der Waals surface area contributed by atoms with Crippen LogP contribution in [0, 0.1) is 10.1 Å². The van der Waals surface area contributed by atoms with Crippen LogP contribution in [0.15, 0.2) is 36.5 Å². The van der Waals surface area contributed by atoms with E-state index in [9.17, 15) is 15.2 Å². The monoisotopic (exact) mass is 294 g/mol. The van der Waals surface area contributed by atoms with Crippen molar-refractivity contribution in [2.75, 3.05) is 0 Å². The molecule has 0 saturated carbocycles. The summed E-state index contributed by atoms with van der Waals surface area (Å²) in [6, 6.07) is 7.15. The van der Waals surface area contributed by atoms with Crippen LogP contribution in [0.25, 0.3) is 0 Å². The Kier molecular flexibility index (Phi) is 4.16. The minimum Gasteiger partial charge on any atom is -0.432 e. The summed E-state index contributed by atoms with van der Waals surface area (Å²) in [6.07, 6.45) is 0.767. The summed E-state index contributed by atoms with van der Waals surface area (Å²) in [6.45, 7) is 1.60. The number of rotatable bonds is 4. The number of aliphatic hydroxyl groups is 1. The van der Waals surface area contributed by atoms with Gasteiger partial charge in [0.25, 0.3) is 0 Å². The molecule has 1 N–H and O–H groups in total. The molecule has 0 spiro atoms. The van der Waals surface area contributed by atoms with E-state index < -0.39 is 11.0 Å². The number of hydrogen-bond donors (Lipinski definition) is 1. The summed E-state index contributed by atoms with van der Waals surface area (Å²) in [5.41, 5.74) is 0.387. The van der Waals surface area contributed by atoms with E-state index in [-0.39, 0.29) is 17.3 Å². The summed E-state index contributed by atoms with van der Waals surface area (Å²) in [7, 11) is 0. The van der Waals surface area contributed by atoms with Crippen molar-refractivity contribution >= 4 is 17.3 Å². The van der Waals surface area contributed by atoms with E-state index in [1.807, 2.05) is 0 Å². The molecule has 20 heavy (non-hydrogen) atoms. The van der Waals surface area contributed by atoms with E-state index in [1.54, 1.807) is 13.0 Å². The minimum absolute atomic E-state index is 0.00209. The lowest BCUT2D eigenvalue weighted by molar-refractivity contribution is -0.385. The minimum atomic E-state index is -0.685. The number of pyridine rings is 1. The van der Waals surface area contributed by atoms with Crippen LogP contribution in [0.4, 0.5) is 5.69 Å². The lowest BCUT2D eigenvalue weighted by atomic mass is 10.2. The Balaban J connectivity index is 2.36. The van der Waals surface area contributed by atoms with E-state index in [0.29, 0.717) is 10.6 Å². The number of nitro benzene ring substituents is 1. The standard InChI is InChI=1S/C13H11ClN2O4/c1-8(17)9-4-5-15-13(6-9)20-12-7-10(14)2-3-11(12)16(18)19/h2-8,17H,1H3/t8-/m1/s1. The molecule has 0 aliphatic carbocycles. The van der Waals surface area contributed by atoms with E-state index in [1.165, 1.54) is 30.5 Å².